The molecule has 3 rings (SSSR count). The van der Waals surface area contributed by atoms with E-state index in [-0.39, 0.29) is 0 Å². The predicted octanol–water partition coefficient (Wildman–Crippen LogP) is 6.52. The SMILES string of the molecule is O=C(Oc1ccc([S+](c2ccccc2)c2ccccc2)cc1)C(F)(C(F)(F)F)C(F)(F)F. The molecule has 0 saturated heterocycles. The average molecular weight is 475 g/mol. The Balaban J connectivity index is 1.92. The van der Waals surface area contributed by atoms with Gasteiger partial charge in [0.25, 0.3) is 0 Å². The summed E-state index contributed by atoms with van der Waals surface area (Å²) in [5.74, 6) is -3.76. The van der Waals surface area contributed by atoms with E-state index in [4.69, 9.17) is 0 Å². The molecule has 0 aromatic heterocycles. The highest BCUT2D eigenvalue weighted by molar-refractivity contribution is 7.97. The fourth-order valence-corrected chi connectivity index (χ4v) is 4.82. The van der Waals surface area contributed by atoms with E-state index in [0.29, 0.717) is 4.90 Å². The molecular weight excluding hydrogens is 461 g/mol. The maximum Gasteiger partial charge on any atom is 0.442 e. The summed E-state index contributed by atoms with van der Waals surface area (Å²) < 4.78 is 94.2. The van der Waals surface area contributed by atoms with Crippen molar-refractivity contribution in [3.8, 4) is 5.75 Å². The van der Waals surface area contributed by atoms with Gasteiger partial charge in [0.15, 0.2) is 14.7 Å². The van der Waals surface area contributed by atoms with Crippen LogP contribution in [0.15, 0.2) is 99.6 Å². The van der Waals surface area contributed by atoms with Crippen LogP contribution in [0.5, 0.6) is 5.75 Å². The summed E-state index contributed by atoms with van der Waals surface area (Å²) >= 11 is 0. The second kappa shape index (κ2) is 8.85. The van der Waals surface area contributed by atoms with Crippen molar-refractivity contribution in [3.05, 3.63) is 84.9 Å². The zero-order valence-corrected chi connectivity index (χ0v) is 16.8. The van der Waals surface area contributed by atoms with E-state index in [1.54, 1.807) is 0 Å². The smallest absolute Gasteiger partial charge is 0.424 e. The van der Waals surface area contributed by atoms with Gasteiger partial charge in [0.1, 0.15) is 5.75 Å². The second-order valence-electron chi connectivity index (χ2n) is 6.45. The molecule has 2 nitrogen and oxygen atoms in total. The van der Waals surface area contributed by atoms with Crippen LogP contribution in [0.2, 0.25) is 0 Å². The van der Waals surface area contributed by atoms with Gasteiger partial charge in [0.2, 0.25) is 0 Å². The van der Waals surface area contributed by atoms with Gasteiger partial charge >= 0.3 is 24.0 Å². The lowest BCUT2D eigenvalue weighted by Gasteiger charge is -2.27. The lowest BCUT2D eigenvalue weighted by Crippen LogP contribution is -2.60. The van der Waals surface area contributed by atoms with Crippen LogP contribution in [0.3, 0.4) is 0 Å². The standard InChI is InChI=1S/C22H14F7O2S/c23-20(21(24,25)26,22(27,28)29)19(30)31-15-11-13-18(14-12-15)32(16-7-3-1-4-8-16)17-9-5-2-6-10-17/h1-14H/q+1. The number of alkyl halides is 7. The van der Waals surface area contributed by atoms with Crippen molar-refractivity contribution in [1.82, 2.24) is 0 Å². The Morgan fingerprint density at radius 2 is 0.969 bits per heavy atom. The maximum atomic E-state index is 13.8. The Hall–Kier alpha value is -3.01. The van der Waals surface area contributed by atoms with E-state index >= 15 is 0 Å². The molecule has 0 heterocycles. The molecule has 0 N–H and O–H groups in total. The minimum Gasteiger partial charge on any atom is -0.424 e. The van der Waals surface area contributed by atoms with Crippen molar-refractivity contribution >= 4 is 16.9 Å². The Labute approximate surface area is 181 Å². The molecule has 0 spiro atoms. The molecule has 32 heavy (non-hydrogen) atoms. The van der Waals surface area contributed by atoms with E-state index in [9.17, 15) is 35.5 Å². The molecule has 168 valence electrons. The average Bonchev–Trinajstić information content (AvgIpc) is 2.74. The monoisotopic (exact) mass is 475 g/mol. The summed E-state index contributed by atoms with van der Waals surface area (Å²) in [5, 5.41) is 0. The highest BCUT2D eigenvalue weighted by Crippen LogP contribution is 2.47. The number of carbonyl (C=O) groups excluding carboxylic acids is 1. The van der Waals surface area contributed by atoms with Gasteiger partial charge in [-0.05, 0) is 48.5 Å². The van der Waals surface area contributed by atoms with Gasteiger partial charge < -0.3 is 4.74 Å². The molecule has 0 aliphatic carbocycles. The molecule has 0 bridgehead atoms. The molecule has 0 saturated carbocycles. The third kappa shape index (κ3) is 4.59. The van der Waals surface area contributed by atoms with Gasteiger partial charge in [0, 0.05) is 0 Å². The van der Waals surface area contributed by atoms with Crippen molar-refractivity contribution < 1.29 is 40.3 Å². The Bertz CT molecular complexity index is 996. The fraction of sp³-hybridized carbons (Fsp3) is 0.136. The second-order valence-corrected chi connectivity index (χ2v) is 8.47. The van der Waals surface area contributed by atoms with Crippen molar-refractivity contribution in [2.45, 2.75) is 32.7 Å². The van der Waals surface area contributed by atoms with Crippen LogP contribution in [-0.4, -0.2) is 24.0 Å². The van der Waals surface area contributed by atoms with E-state index in [0.717, 1.165) is 21.9 Å². The first-order chi connectivity index (χ1) is 14.9. The highest BCUT2D eigenvalue weighted by Gasteiger charge is 2.79. The largest absolute Gasteiger partial charge is 0.442 e. The molecule has 3 aromatic carbocycles. The summed E-state index contributed by atoms with van der Waals surface area (Å²) in [6, 6.07) is 23.2. The van der Waals surface area contributed by atoms with E-state index in [2.05, 4.69) is 4.74 Å². The number of rotatable bonds is 5. The summed E-state index contributed by atoms with van der Waals surface area (Å²) in [6.07, 6.45) is -13.1. The van der Waals surface area contributed by atoms with Crippen molar-refractivity contribution in [1.29, 1.82) is 0 Å². The Morgan fingerprint density at radius 1 is 0.594 bits per heavy atom. The number of esters is 1. The highest BCUT2D eigenvalue weighted by atomic mass is 32.2. The van der Waals surface area contributed by atoms with E-state index in [1.807, 2.05) is 60.7 Å². The summed E-state index contributed by atoms with van der Waals surface area (Å²) in [5.41, 5.74) is -6.14. The van der Waals surface area contributed by atoms with Crippen LogP contribution in [0.25, 0.3) is 0 Å². The van der Waals surface area contributed by atoms with Gasteiger partial charge in [-0.1, -0.05) is 36.4 Å². The number of hydrogen-bond donors (Lipinski definition) is 0. The fourth-order valence-electron chi connectivity index (χ4n) is 2.73. The number of carbonyl (C=O) groups is 1. The molecule has 0 aliphatic heterocycles. The van der Waals surface area contributed by atoms with Gasteiger partial charge in [0.05, 0.1) is 10.9 Å². The van der Waals surface area contributed by atoms with E-state index in [1.165, 1.54) is 12.1 Å². The van der Waals surface area contributed by atoms with Crippen LogP contribution in [0.4, 0.5) is 30.7 Å². The number of benzene rings is 3. The van der Waals surface area contributed by atoms with Crippen molar-refractivity contribution in [2.75, 3.05) is 0 Å². The topological polar surface area (TPSA) is 26.3 Å². The maximum absolute atomic E-state index is 13.8. The van der Waals surface area contributed by atoms with Gasteiger partial charge in [-0.15, -0.1) is 0 Å². The molecule has 0 fully saturated rings. The molecule has 10 heteroatoms. The summed E-state index contributed by atoms with van der Waals surface area (Å²) in [7, 11) is -0.655. The third-order valence-electron chi connectivity index (χ3n) is 4.29. The first kappa shape index (κ1) is 23.6. The number of hydrogen-bond acceptors (Lipinski definition) is 2. The number of halogens is 7. The van der Waals surface area contributed by atoms with Crippen LogP contribution in [-0.2, 0) is 15.7 Å². The quantitative estimate of drug-likeness (QED) is 0.182. The van der Waals surface area contributed by atoms with Gasteiger partial charge in [-0.3, -0.25) is 0 Å². The van der Waals surface area contributed by atoms with Crippen LogP contribution < -0.4 is 4.74 Å². The predicted molar refractivity (Wildman–Crippen MR) is 103 cm³/mol. The molecule has 0 amide bonds. The molecule has 0 radical (unpaired) electrons. The summed E-state index contributed by atoms with van der Waals surface area (Å²) in [4.78, 5) is 14.0. The molecule has 0 aliphatic rings. The zero-order valence-electron chi connectivity index (χ0n) is 16.0. The van der Waals surface area contributed by atoms with Crippen LogP contribution in [0, 0.1) is 0 Å². The first-order valence-electron chi connectivity index (χ1n) is 8.94. The van der Waals surface area contributed by atoms with E-state index < -0.39 is 40.6 Å². The van der Waals surface area contributed by atoms with Crippen LogP contribution >= 0.6 is 0 Å². The van der Waals surface area contributed by atoms with Crippen molar-refractivity contribution in [3.63, 3.8) is 0 Å². The number of ether oxygens (including phenoxy) is 1. The molecular formula is C22H14F7O2S+. The summed E-state index contributed by atoms with van der Waals surface area (Å²) in [6.45, 7) is 0. The Kier molecular flexibility index (Phi) is 6.54. The Morgan fingerprint density at radius 3 is 1.34 bits per heavy atom. The van der Waals surface area contributed by atoms with Crippen molar-refractivity contribution in [2.24, 2.45) is 0 Å². The molecule has 3 aromatic rings. The van der Waals surface area contributed by atoms with Gasteiger partial charge in [-0.25, -0.2) is 9.18 Å². The molecule has 0 unspecified atom stereocenters. The minimum absolute atomic E-state index is 0.653. The first-order valence-corrected chi connectivity index (χ1v) is 10.2. The zero-order chi connectivity index (χ0) is 23.6. The van der Waals surface area contributed by atoms with Crippen LogP contribution in [0.1, 0.15) is 0 Å². The lowest BCUT2D eigenvalue weighted by atomic mass is 10.1. The third-order valence-corrected chi connectivity index (χ3v) is 6.52. The van der Waals surface area contributed by atoms with Gasteiger partial charge in [-0.2, -0.15) is 26.3 Å². The minimum atomic E-state index is -6.53. The normalized spacial score (nSPS) is 12.6. The molecule has 0 atom stereocenters. The lowest BCUT2D eigenvalue weighted by molar-refractivity contribution is -0.330.